The Morgan fingerprint density at radius 3 is 2.61 bits per heavy atom. The van der Waals surface area contributed by atoms with Crippen LogP contribution in [0.15, 0.2) is 22.7 Å². The number of amides is 1. The molecular weight excluding hydrogens is 373 g/mol. The first-order chi connectivity index (χ1) is 10.8. The van der Waals surface area contributed by atoms with E-state index in [1.807, 2.05) is 6.07 Å². The van der Waals surface area contributed by atoms with Crippen molar-refractivity contribution in [1.29, 1.82) is 0 Å². The number of halogens is 4. The van der Waals surface area contributed by atoms with Gasteiger partial charge in [0.25, 0.3) is 0 Å². The SMILES string of the molecule is CC(CC(F)(F)F)N1C(=O)C2(CCNCC2)c2c(Br)cccc21. The van der Waals surface area contributed by atoms with Crippen molar-refractivity contribution in [3.63, 3.8) is 0 Å². The first-order valence-corrected chi connectivity index (χ1v) is 8.46. The summed E-state index contributed by atoms with van der Waals surface area (Å²) in [6, 6.07) is 4.46. The Bertz CT molecular complexity index is 626. The van der Waals surface area contributed by atoms with Crippen molar-refractivity contribution >= 4 is 27.5 Å². The molecule has 2 aliphatic heterocycles. The van der Waals surface area contributed by atoms with Gasteiger partial charge in [0.15, 0.2) is 0 Å². The first kappa shape index (κ1) is 16.8. The molecule has 1 unspecified atom stereocenters. The Balaban J connectivity index is 2.07. The maximum atomic E-state index is 13.1. The van der Waals surface area contributed by atoms with Gasteiger partial charge in [0.2, 0.25) is 5.91 Å². The summed E-state index contributed by atoms with van der Waals surface area (Å²) in [6.07, 6.45) is -4.08. The maximum absolute atomic E-state index is 13.1. The molecule has 0 radical (unpaired) electrons. The monoisotopic (exact) mass is 390 g/mol. The molecule has 1 N–H and O–H groups in total. The first-order valence-electron chi connectivity index (χ1n) is 7.66. The lowest BCUT2D eigenvalue weighted by Crippen LogP contribution is -2.50. The van der Waals surface area contributed by atoms with Gasteiger partial charge < -0.3 is 10.2 Å². The van der Waals surface area contributed by atoms with Gasteiger partial charge in [-0.1, -0.05) is 22.0 Å². The normalized spacial score (nSPS) is 21.6. The zero-order valence-corrected chi connectivity index (χ0v) is 14.3. The van der Waals surface area contributed by atoms with Crippen molar-refractivity contribution in [3.8, 4) is 0 Å². The fraction of sp³-hybridized carbons (Fsp3) is 0.562. The molecule has 0 aliphatic carbocycles. The third kappa shape index (κ3) is 2.78. The van der Waals surface area contributed by atoms with Gasteiger partial charge in [0.1, 0.15) is 0 Å². The van der Waals surface area contributed by atoms with Gasteiger partial charge in [0.05, 0.1) is 11.8 Å². The van der Waals surface area contributed by atoms with Crippen molar-refractivity contribution < 1.29 is 18.0 Å². The lowest BCUT2D eigenvalue weighted by Gasteiger charge is -2.34. The van der Waals surface area contributed by atoms with E-state index >= 15 is 0 Å². The predicted molar refractivity (Wildman–Crippen MR) is 85.5 cm³/mol. The van der Waals surface area contributed by atoms with Crippen molar-refractivity contribution in [2.45, 2.75) is 43.8 Å². The molecule has 1 amide bonds. The highest BCUT2D eigenvalue weighted by molar-refractivity contribution is 9.10. The number of rotatable bonds is 2. The predicted octanol–water partition coefficient (Wildman–Crippen LogP) is 3.76. The largest absolute Gasteiger partial charge is 0.391 e. The molecule has 3 rings (SSSR count). The van der Waals surface area contributed by atoms with E-state index in [0.717, 1.165) is 10.0 Å². The van der Waals surface area contributed by atoms with Crippen LogP contribution in [0.4, 0.5) is 18.9 Å². The molecule has 126 valence electrons. The molecule has 1 aromatic carbocycles. The van der Waals surface area contributed by atoms with Crippen molar-refractivity contribution in [3.05, 3.63) is 28.2 Å². The van der Waals surface area contributed by atoms with Gasteiger partial charge in [-0.05, 0) is 45.0 Å². The minimum atomic E-state index is -4.30. The summed E-state index contributed by atoms with van der Waals surface area (Å²) in [5.41, 5.74) is 0.754. The van der Waals surface area contributed by atoms with E-state index < -0.39 is 24.1 Å². The molecule has 0 saturated carbocycles. The number of anilines is 1. The number of benzene rings is 1. The van der Waals surface area contributed by atoms with E-state index in [1.54, 1.807) is 12.1 Å². The van der Waals surface area contributed by atoms with E-state index in [0.29, 0.717) is 31.6 Å². The third-order valence-corrected chi connectivity index (χ3v) is 5.44. The van der Waals surface area contributed by atoms with Crippen LogP contribution in [0.5, 0.6) is 0 Å². The number of piperidine rings is 1. The number of hydrogen-bond donors (Lipinski definition) is 1. The number of nitrogens with one attached hydrogen (secondary N) is 1. The number of carbonyl (C=O) groups excluding carboxylic acids is 1. The Hall–Kier alpha value is -1.08. The van der Waals surface area contributed by atoms with Crippen LogP contribution in [0.3, 0.4) is 0 Å². The second kappa shape index (κ2) is 5.77. The summed E-state index contributed by atoms with van der Waals surface area (Å²) in [6.45, 7) is 2.85. The topological polar surface area (TPSA) is 32.3 Å². The number of hydrogen-bond acceptors (Lipinski definition) is 2. The highest BCUT2D eigenvalue weighted by Gasteiger charge is 2.53. The molecule has 0 aromatic heterocycles. The highest BCUT2D eigenvalue weighted by Crippen LogP contribution is 2.51. The number of nitrogens with zero attached hydrogens (tertiary/aromatic N) is 1. The molecular formula is C16H18BrF3N2O. The summed E-state index contributed by atoms with van der Waals surface area (Å²) >= 11 is 3.50. The van der Waals surface area contributed by atoms with Crippen LogP contribution in [0.2, 0.25) is 0 Å². The summed E-state index contributed by atoms with van der Waals surface area (Å²) in [7, 11) is 0. The van der Waals surface area contributed by atoms with Gasteiger partial charge in [-0.25, -0.2) is 0 Å². The van der Waals surface area contributed by atoms with Gasteiger partial charge in [0, 0.05) is 21.8 Å². The zero-order valence-electron chi connectivity index (χ0n) is 12.7. The number of carbonyl (C=O) groups is 1. The summed E-state index contributed by atoms with van der Waals surface area (Å²) in [5, 5.41) is 3.22. The van der Waals surface area contributed by atoms with Gasteiger partial charge >= 0.3 is 6.18 Å². The molecule has 1 spiro atoms. The Labute approximate surface area is 141 Å². The Morgan fingerprint density at radius 2 is 2.00 bits per heavy atom. The van der Waals surface area contributed by atoms with Crippen LogP contribution in [-0.4, -0.2) is 31.2 Å². The summed E-state index contributed by atoms with van der Waals surface area (Å²) < 4.78 is 39.3. The smallest absolute Gasteiger partial charge is 0.317 e. The molecule has 3 nitrogen and oxygen atoms in total. The van der Waals surface area contributed by atoms with E-state index in [9.17, 15) is 18.0 Å². The van der Waals surface area contributed by atoms with E-state index in [2.05, 4.69) is 21.2 Å². The molecule has 1 fully saturated rings. The Morgan fingerprint density at radius 1 is 1.35 bits per heavy atom. The van der Waals surface area contributed by atoms with Crippen LogP contribution < -0.4 is 10.2 Å². The average Bonchev–Trinajstić information content (AvgIpc) is 2.69. The summed E-state index contributed by atoms with van der Waals surface area (Å²) in [4.78, 5) is 14.5. The van der Waals surface area contributed by atoms with Crippen LogP contribution in [0.1, 0.15) is 31.7 Å². The maximum Gasteiger partial charge on any atom is 0.391 e. The second-order valence-corrected chi connectivity index (χ2v) is 7.16. The molecule has 1 atom stereocenters. The van der Waals surface area contributed by atoms with Crippen molar-refractivity contribution in [1.82, 2.24) is 5.32 Å². The Kier molecular flexibility index (Phi) is 4.21. The minimum Gasteiger partial charge on any atom is -0.317 e. The highest BCUT2D eigenvalue weighted by atomic mass is 79.9. The van der Waals surface area contributed by atoms with E-state index in [4.69, 9.17) is 0 Å². The van der Waals surface area contributed by atoms with Crippen molar-refractivity contribution in [2.75, 3.05) is 18.0 Å². The number of fused-ring (bicyclic) bond motifs is 2. The van der Waals surface area contributed by atoms with Crippen molar-refractivity contribution in [2.24, 2.45) is 0 Å². The van der Waals surface area contributed by atoms with Gasteiger partial charge in [-0.3, -0.25) is 4.79 Å². The molecule has 23 heavy (non-hydrogen) atoms. The van der Waals surface area contributed by atoms with E-state index in [-0.39, 0.29) is 5.91 Å². The molecule has 7 heteroatoms. The lowest BCUT2D eigenvalue weighted by molar-refractivity contribution is -0.139. The fourth-order valence-electron chi connectivity index (χ4n) is 3.82. The zero-order chi connectivity index (χ0) is 16.8. The van der Waals surface area contributed by atoms with Crippen LogP contribution in [0.25, 0.3) is 0 Å². The van der Waals surface area contributed by atoms with E-state index in [1.165, 1.54) is 11.8 Å². The standard InChI is InChI=1S/C16H18BrF3N2O/c1-10(9-16(18,19)20)22-12-4-2-3-11(17)13(12)15(14(22)23)5-7-21-8-6-15/h2-4,10,21H,5-9H2,1H3. The molecule has 1 aromatic rings. The van der Waals surface area contributed by atoms with Crippen LogP contribution in [-0.2, 0) is 10.2 Å². The van der Waals surface area contributed by atoms with Gasteiger partial charge in [-0.2, -0.15) is 13.2 Å². The molecule has 0 bridgehead atoms. The third-order valence-electron chi connectivity index (χ3n) is 4.78. The molecule has 2 aliphatic rings. The second-order valence-electron chi connectivity index (χ2n) is 6.31. The van der Waals surface area contributed by atoms with Crippen LogP contribution in [0, 0.1) is 0 Å². The molecule has 2 heterocycles. The quantitative estimate of drug-likeness (QED) is 0.833. The number of alkyl halides is 3. The minimum absolute atomic E-state index is 0.197. The summed E-state index contributed by atoms with van der Waals surface area (Å²) in [5.74, 6) is -0.197. The lowest BCUT2D eigenvalue weighted by atomic mass is 9.74. The van der Waals surface area contributed by atoms with Crippen LogP contribution >= 0.6 is 15.9 Å². The average molecular weight is 391 g/mol. The molecule has 1 saturated heterocycles. The fourth-order valence-corrected chi connectivity index (χ4v) is 4.55. The van der Waals surface area contributed by atoms with Gasteiger partial charge in [-0.15, -0.1) is 0 Å².